The highest BCUT2D eigenvalue weighted by molar-refractivity contribution is 7.89. The third-order valence-corrected chi connectivity index (χ3v) is 6.31. The van der Waals surface area contributed by atoms with Crippen LogP contribution in [0.5, 0.6) is 11.5 Å². The van der Waals surface area contributed by atoms with Crippen LogP contribution < -0.4 is 14.8 Å². The number of hydrogen-bond acceptors (Lipinski definition) is 5. The minimum absolute atomic E-state index is 0.0629. The number of nitrogens with one attached hydrogen (secondary N) is 1. The highest BCUT2D eigenvalue weighted by atomic mass is 32.2. The van der Waals surface area contributed by atoms with E-state index >= 15 is 0 Å². The second-order valence-corrected chi connectivity index (χ2v) is 8.75. The number of amides is 1. The number of methoxy groups -OCH3 is 1. The van der Waals surface area contributed by atoms with Crippen LogP contribution in [0.4, 0.5) is 0 Å². The summed E-state index contributed by atoms with van der Waals surface area (Å²) in [6.07, 6.45) is 1.40. The fourth-order valence-electron chi connectivity index (χ4n) is 2.89. The maximum atomic E-state index is 12.5. The van der Waals surface area contributed by atoms with E-state index in [2.05, 4.69) is 5.32 Å². The molecule has 146 valence electrons. The average molecular weight is 384 g/mol. The molecule has 7 nitrogen and oxygen atoms in total. The molecule has 0 bridgehead atoms. The smallest absolute Gasteiger partial charge is 0.224 e. The predicted octanol–water partition coefficient (Wildman–Crippen LogP) is 1.64. The van der Waals surface area contributed by atoms with Crippen LogP contribution in [0.15, 0.2) is 24.3 Å². The molecule has 2 atom stereocenters. The van der Waals surface area contributed by atoms with Crippen molar-refractivity contribution in [1.82, 2.24) is 9.62 Å². The van der Waals surface area contributed by atoms with Gasteiger partial charge in [-0.1, -0.05) is 0 Å². The minimum atomic E-state index is -3.25. The van der Waals surface area contributed by atoms with E-state index < -0.39 is 10.0 Å². The van der Waals surface area contributed by atoms with Gasteiger partial charge < -0.3 is 14.8 Å². The number of nitrogens with zero attached hydrogens (tertiary/aromatic N) is 1. The molecule has 1 aromatic carbocycles. The van der Waals surface area contributed by atoms with Gasteiger partial charge in [-0.2, -0.15) is 0 Å². The number of carbonyl (C=O) groups is 1. The molecule has 2 rings (SSSR count). The molecule has 1 saturated heterocycles. The van der Waals surface area contributed by atoms with Gasteiger partial charge in [0.1, 0.15) is 18.1 Å². The number of benzene rings is 1. The SMILES string of the molecule is CCS(=O)(=O)N1CCCC(C(=O)NC(C)COc2ccc(OC)cc2)C1. The Balaban J connectivity index is 1.82. The largest absolute Gasteiger partial charge is 0.497 e. The molecule has 1 fully saturated rings. The van der Waals surface area contributed by atoms with E-state index in [4.69, 9.17) is 9.47 Å². The van der Waals surface area contributed by atoms with Crippen molar-refractivity contribution >= 4 is 15.9 Å². The maximum absolute atomic E-state index is 12.5. The number of sulfonamides is 1. The maximum Gasteiger partial charge on any atom is 0.224 e. The van der Waals surface area contributed by atoms with Crippen molar-refractivity contribution in [3.63, 3.8) is 0 Å². The summed E-state index contributed by atoms with van der Waals surface area (Å²) >= 11 is 0. The van der Waals surface area contributed by atoms with E-state index in [9.17, 15) is 13.2 Å². The molecule has 0 radical (unpaired) electrons. The molecule has 2 unspecified atom stereocenters. The van der Waals surface area contributed by atoms with Crippen molar-refractivity contribution in [2.24, 2.45) is 5.92 Å². The number of hydrogen-bond donors (Lipinski definition) is 1. The first-order valence-electron chi connectivity index (χ1n) is 8.90. The fourth-order valence-corrected chi connectivity index (χ4v) is 4.07. The normalized spacial score (nSPS) is 19.6. The van der Waals surface area contributed by atoms with E-state index in [1.165, 1.54) is 4.31 Å². The third-order valence-electron chi connectivity index (χ3n) is 4.46. The van der Waals surface area contributed by atoms with E-state index in [0.29, 0.717) is 31.7 Å². The first-order valence-corrected chi connectivity index (χ1v) is 10.5. The van der Waals surface area contributed by atoms with Crippen LogP contribution in [0.2, 0.25) is 0 Å². The quantitative estimate of drug-likeness (QED) is 0.736. The Kier molecular flexibility index (Phi) is 7.28. The zero-order valence-corrected chi connectivity index (χ0v) is 16.4. The van der Waals surface area contributed by atoms with Crippen LogP contribution in [0, 0.1) is 5.92 Å². The van der Waals surface area contributed by atoms with Gasteiger partial charge in [-0.05, 0) is 51.0 Å². The Morgan fingerprint density at radius 2 is 1.96 bits per heavy atom. The molecule has 1 amide bonds. The summed E-state index contributed by atoms with van der Waals surface area (Å²) < 4.78 is 36.2. The first-order chi connectivity index (χ1) is 12.4. The summed E-state index contributed by atoms with van der Waals surface area (Å²) in [7, 11) is -1.65. The summed E-state index contributed by atoms with van der Waals surface area (Å²) in [5, 5.41) is 2.92. The van der Waals surface area contributed by atoms with Gasteiger partial charge in [0.2, 0.25) is 15.9 Å². The summed E-state index contributed by atoms with van der Waals surface area (Å²) in [4.78, 5) is 12.5. The summed E-state index contributed by atoms with van der Waals surface area (Å²) in [6.45, 7) is 4.58. The lowest BCUT2D eigenvalue weighted by molar-refractivity contribution is -0.126. The molecule has 8 heteroatoms. The molecular weight excluding hydrogens is 356 g/mol. The Bertz CT molecular complexity index is 690. The number of rotatable bonds is 8. The van der Waals surface area contributed by atoms with Crippen LogP contribution in [0.25, 0.3) is 0 Å². The second kappa shape index (κ2) is 9.23. The van der Waals surface area contributed by atoms with Crippen molar-refractivity contribution in [1.29, 1.82) is 0 Å². The molecule has 1 N–H and O–H groups in total. The van der Waals surface area contributed by atoms with Gasteiger partial charge in [0.25, 0.3) is 0 Å². The highest BCUT2D eigenvalue weighted by Crippen LogP contribution is 2.20. The van der Waals surface area contributed by atoms with Crippen LogP contribution in [0.1, 0.15) is 26.7 Å². The lowest BCUT2D eigenvalue weighted by Gasteiger charge is -2.31. The summed E-state index contributed by atoms with van der Waals surface area (Å²) in [5.41, 5.74) is 0. The van der Waals surface area contributed by atoms with Gasteiger partial charge in [0.15, 0.2) is 0 Å². The summed E-state index contributed by atoms with van der Waals surface area (Å²) in [5.74, 6) is 1.08. The van der Waals surface area contributed by atoms with E-state index in [1.54, 1.807) is 14.0 Å². The van der Waals surface area contributed by atoms with E-state index in [-0.39, 0.29) is 30.2 Å². The molecular formula is C18H28N2O5S. The molecule has 0 saturated carbocycles. The van der Waals surface area contributed by atoms with Gasteiger partial charge in [-0.25, -0.2) is 12.7 Å². The molecule has 0 spiro atoms. The molecule has 1 aliphatic rings. The molecule has 1 aliphatic heterocycles. The third kappa shape index (κ3) is 5.60. The molecule has 1 aromatic rings. The second-order valence-electron chi connectivity index (χ2n) is 6.49. The van der Waals surface area contributed by atoms with E-state index in [1.807, 2.05) is 31.2 Å². The first kappa shape index (κ1) is 20.5. The van der Waals surface area contributed by atoms with Crippen molar-refractivity contribution < 1.29 is 22.7 Å². The highest BCUT2D eigenvalue weighted by Gasteiger charge is 2.31. The van der Waals surface area contributed by atoms with Crippen LogP contribution >= 0.6 is 0 Å². The molecule has 26 heavy (non-hydrogen) atoms. The van der Waals surface area contributed by atoms with Gasteiger partial charge >= 0.3 is 0 Å². The van der Waals surface area contributed by atoms with Gasteiger partial charge in [-0.15, -0.1) is 0 Å². The Hall–Kier alpha value is -1.80. The zero-order chi connectivity index (χ0) is 19.2. The van der Waals surface area contributed by atoms with Gasteiger partial charge in [-0.3, -0.25) is 4.79 Å². The minimum Gasteiger partial charge on any atom is -0.497 e. The monoisotopic (exact) mass is 384 g/mol. The predicted molar refractivity (Wildman–Crippen MR) is 99.9 cm³/mol. The van der Waals surface area contributed by atoms with Crippen molar-refractivity contribution in [2.75, 3.05) is 32.6 Å². The van der Waals surface area contributed by atoms with Crippen LogP contribution in [0.3, 0.4) is 0 Å². The topological polar surface area (TPSA) is 84.9 Å². The zero-order valence-electron chi connectivity index (χ0n) is 15.6. The average Bonchev–Trinajstić information content (AvgIpc) is 2.66. The Labute approximate surface area is 155 Å². The van der Waals surface area contributed by atoms with E-state index in [0.717, 1.165) is 5.75 Å². The summed E-state index contributed by atoms with van der Waals surface area (Å²) in [6, 6.07) is 7.05. The lowest BCUT2D eigenvalue weighted by atomic mass is 9.98. The standard InChI is InChI=1S/C18H28N2O5S/c1-4-26(22,23)20-11-5-6-15(12-20)18(21)19-14(2)13-25-17-9-7-16(24-3)8-10-17/h7-10,14-15H,4-6,11-13H2,1-3H3,(H,19,21). The lowest BCUT2D eigenvalue weighted by Crippen LogP contribution is -2.48. The van der Waals surface area contributed by atoms with Crippen molar-refractivity contribution in [3.8, 4) is 11.5 Å². The Morgan fingerprint density at radius 3 is 2.58 bits per heavy atom. The molecule has 0 aromatic heterocycles. The van der Waals surface area contributed by atoms with Crippen LogP contribution in [-0.4, -0.2) is 57.2 Å². The van der Waals surface area contributed by atoms with Crippen LogP contribution in [-0.2, 0) is 14.8 Å². The van der Waals surface area contributed by atoms with Gasteiger partial charge in [0, 0.05) is 13.1 Å². The van der Waals surface area contributed by atoms with Gasteiger partial charge in [0.05, 0.1) is 24.8 Å². The number of piperidine rings is 1. The molecule has 1 heterocycles. The molecule has 0 aliphatic carbocycles. The Morgan fingerprint density at radius 1 is 1.31 bits per heavy atom. The fraction of sp³-hybridized carbons (Fsp3) is 0.611. The number of ether oxygens (including phenoxy) is 2. The number of carbonyl (C=O) groups excluding carboxylic acids is 1. The van der Waals surface area contributed by atoms with Crippen molar-refractivity contribution in [3.05, 3.63) is 24.3 Å². The van der Waals surface area contributed by atoms with Crippen molar-refractivity contribution in [2.45, 2.75) is 32.7 Å².